The van der Waals surface area contributed by atoms with Gasteiger partial charge in [-0.1, -0.05) is 6.92 Å². The molecule has 0 aromatic carbocycles. The Morgan fingerprint density at radius 3 is 3.12 bits per heavy atom. The van der Waals surface area contributed by atoms with Gasteiger partial charge in [-0.2, -0.15) is 0 Å². The van der Waals surface area contributed by atoms with Crippen molar-refractivity contribution in [2.24, 2.45) is 11.7 Å². The second kappa shape index (κ2) is 4.97. The average Bonchev–Trinajstić information content (AvgIpc) is 2.86. The van der Waals surface area contributed by atoms with E-state index in [-0.39, 0.29) is 12.1 Å². The van der Waals surface area contributed by atoms with Crippen LogP contribution in [0.5, 0.6) is 0 Å². The highest BCUT2D eigenvalue weighted by Crippen LogP contribution is 2.23. The number of aromatic nitrogens is 2. The van der Waals surface area contributed by atoms with Gasteiger partial charge in [0.15, 0.2) is 0 Å². The van der Waals surface area contributed by atoms with Gasteiger partial charge in [-0.05, 0) is 19.3 Å². The Hall–Kier alpha value is -0.870. The summed E-state index contributed by atoms with van der Waals surface area (Å²) in [6.07, 6.45) is 5.96. The van der Waals surface area contributed by atoms with Gasteiger partial charge in [-0.25, -0.2) is 4.98 Å². The molecule has 4 heteroatoms. The Morgan fingerprint density at radius 1 is 1.69 bits per heavy atom. The fourth-order valence-corrected chi connectivity index (χ4v) is 2.41. The molecule has 3 unspecified atom stereocenters. The summed E-state index contributed by atoms with van der Waals surface area (Å²) in [4.78, 5) is 4.35. The molecule has 0 aliphatic carbocycles. The first-order chi connectivity index (χ1) is 7.72. The molecule has 16 heavy (non-hydrogen) atoms. The fourth-order valence-electron chi connectivity index (χ4n) is 2.41. The maximum atomic E-state index is 6.21. The molecule has 1 aromatic rings. The third-order valence-electron chi connectivity index (χ3n) is 3.43. The molecule has 3 atom stereocenters. The molecule has 0 radical (unpaired) electrons. The second-order valence-corrected chi connectivity index (χ2v) is 4.60. The molecule has 1 aliphatic heterocycles. The highest BCUT2D eigenvalue weighted by molar-refractivity contribution is 4.97. The van der Waals surface area contributed by atoms with E-state index >= 15 is 0 Å². The Labute approximate surface area is 96.8 Å². The van der Waals surface area contributed by atoms with Gasteiger partial charge in [0.05, 0.1) is 6.10 Å². The largest absolute Gasteiger partial charge is 0.376 e. The Balaban J connectivity index is 1.98. The molecular weight excluding hydrogens is 202 g/mol. The third-order valence-corrected chi connectivity index (χ3v) is 3.43. The number of nitrogens with two attached hydrogens (primary N) is 1. The molecule has 4 nitrogen and oxygen atoms in total. The molecule has 1 aromatic heterocycles. The monoisotopic (exact) mass is 223 g/mol. The minimum absolute atomic E-state index is 0.0604. The van der Waals surface area contributed by atoms with Gasteiger partial charge in [-0.3, -0.25) is 0 Å². The van der Waals surface area contributed by atoms with E-state index in [4.69, 9.17) is 10.5 Å². The lowest BCUT2D eigenvalue weighted by molar-refractivity contribution is 0.0719. The SMILES string of the molecule is CCn1ccnc1CC(N)C1OCCC1C. The number of ether oxygens (including phenoxy) is 1. The summed E-state index contributed by atoms with van der Waals surface area (Å²) < 4.78 is 7.83. The van der Waals surface area contributed by atoms with Gasteiger partial charge in [0, 0.05) is 38.0 Å². The van der Waals surface area contributed by atoms with E-state index in [9.17, 15) is 0 Å². The van der Waals surface area contributed by atoms with Crippen LogP contribution in [0.3, 0.4) is 0 Å². The predicted molar refractivity (Wildman–Crippen MR) is 63.1 cm³/mol. The Kier molecular flexibility index (Phi) is 3.61. The number of aryl methyl sites for hydroxylation is 1. The van der Waals surface area contributed by atoms with Gasteiger partial charge in [-0.15, -0.1) is 0 Å². The quantitative estimate of drug-likeness (QED) is 0.834. The summed E-state index contributed by atoms with van der Waals surface area (Å²) in [5.41, 5.74) is 6.21. The van der Waals surface area contributed by atoms with Crippen molar-refractivity contribution < 1.29 is 4.74 Å². The smallest absolute Gasteiger partial charge is 0.110 e. The molecule has 2 N–H and O–H groups in total. The summed E-state index contributed by atoms with van der Waals surface area (Å²) in [7, 11) is 0. The van der Waals surface area contributed by atoms with Gasteiger partial charge in [0.1, 0.15) is 5.82 Å². The van der Waals surface area contributed by atoms with Crippen LogP contribution in [-0.4, -0.2) is 28.3 Å². The number of imidazole rings is 1. The van der Waals surface area contributed by atoms with Crippen LogP contribution in [0.25, 0.3) is 0 Å². The average molecular weight is 223 g/mol. The van der Waals surface area contributed by atoms with Crippen molar-refractivity contribution in [3.8, 4) is 0 Å². The molecule has 1 aliphatic rings. The van der Waals surface area contributed by atoms with Gasteiger partial charge < -0.3 is 15.0 Å². The van der Waals surface area contributed by atoms with E-state index in [1.807, 2.05) is 12.4 Å². The number of rotatable bonds is 4. The van der Waals surface area contributed by atoms with E-state index in [1.54, 1.807) is 0 Å². The van der Waals surface area contributed by atoms with Crippen LogP contribution in [0.2, 0.25) is 0 Å². The van der Waals surface area contributed by atoms with Crippen LogP contribution in [-0.2, 0) is 17.7 Å². The van der Waals surface area contributed by atoms with Crippen LogP contribution >= 0.6 is 0 Å². The summed E-state index contributed by atoms with van der Waals surface area (Å²) in [5.74, 6) is 1.64. The second-order valence-electron chi connectivity index (χ2n) is 4.60. The van der Waals surface area contributed by atoms with Gasteiger partial charge in [0.25, 0.3) is 0 Å². The highest BCUT2D eigenvalue weighted by Gasteiger charge is 2.30. The standard InChI is InChI=1S/C12H21N3O/c1-3-15-6-5-14-11(15)8-10(13)12-9(2)4-7-16-12/h5-6,9-10,12H,3-4,7-8,13H2,1-2H3. The summed E-state index contributed by atoms with van der Waals surface area (Å²) in [6.45, 7) is 6.13. The van der Waals surface area contributed by atoms with Gasteiger partial charge in [0.2, 0.25) is 0 Å². The normalized spacial score (nSPS) is 27.2. The first kappa shape index (κ1) is 11.6. The summed E-state index contributed by atoms with van der Waals surface area (Å²) >= 11 is 0. The zero-order valence-corrected chi connectivity index (χ0v) is 10.1. The Morgan fingerprint density at radius 2 is 2.50 bits per heavy atom. The summed E-state index contributed by atoms with van der Waals surface area (Å²) in [6, 6.07) is 0.0604. The van der Waals surface area contributed by atoms with Crippen LogP contribution in [0, 0.1) is 5.92 Å². The molecule has 0 bridgehead atoms. The van der Waals surface area contributed by atoms with E-state index in [0.717, 1.165) is 31.8 Å². The first-order valence-electron chi connectivity index (χ1n) is 6.09. The maximum absolute atomic E-state index is 6.21. The van der Waals surface area contributed by atoms with Crippen molar-refractivity contribution in [3.05, 3.63) is 18.2 Å². The third kappa shape index (κ3) is 2.28. The first-order valence-corrected chi connectivity index (χ1v) is 6.09. The van der Waals surface area contributed by atoms with E-state index < -0.39 is 0 Å². The van der Waals surface area contributed by atoms with Crippen LogP contribution in [0.15, 0.2) is 12.4 Å². The Bertz CT molecular complexity index is 337. The zero-order valence-electron chi connectivity index (χ0n) is 10.1. The van der Waals surface area contributed by atoms with Crippen molar-refractivity contribution in [2.45, 2.75) is 45.4 Å². The zero-order chi connectivity index (χ0) is 11.5. The van der Waals surface area contributed by atoms with Crippen molar-refractivity contribution in [3.63, 3.8) is 0 Å². The lowest BCUT2D eigenvalue weighted by Crippen LogP contribution is -2.40. The molecule has 2 heterocycles. The number of hydrogen-bond acceptors (Lipinski definition) is 3. The van der Waals surface area contributed by atoms with Gasteiger partial charge >= 0.3 is 0 Å². The molecule has 90 valence electrons. The summed E-state index contributed by atoms with van der Waals surface area (Å²) in [5, 5.41) is 0. The van der Waals surface area contributed by atoms with E-state index in [2.05, 4.69) is 23.4 Å². The number of nitrogens with zero attached hydrogens (tertiary/aromatic N) is 2. The van der Waals surface area contributed by atoms with E-state index in [0.29, 0.717) is 5.92 Å². The van der Waals surface area contributed by atoms with Crippen LogP contribution in [0.1, 0.15) is 26.1 Å². The van der Waals surface area contributed by atoms with Crippen molar-refractivity contribution in [1.82, 2.24) is 9.55 Å². The molecule has 0 saturated carbocycles. The lowest BCUT2D eigenvalue weighted by atomic mass is 9.96. The van der Waals surface area contributed by atoms with Crippen LogP contribution in [0.4, 0.5) is 0 Å². The topological polar surface area (TPSA) is 53.1 Å². The molecule has 0 spiro atoms. The lowest BCUT2D eigenvalue weighted by Gasteiger charge is -2.22. The maximum Gasteiger partial charge on any atom is 0.110 e. The molecule has 0 amide bonds. The predicted octanol–water partition coefficient (Wildman–Crippen LogP) is 1.20. The van der Waals surface area contributed by atoms with Crippen molar-refractivity contribution in [2.75, 3.05) is 6.61 Å². The fraction of sp³-hybridized carbons (Fsp3) is 0.750. The minimum atomic E-state index is 0.0604. The molecular formula is C12H21N3O. The molecule has 1 fully saturated rings. The molecule has 1 saturated heterocycles. The van der Waals surface area contributed by atoms with Crippen molar-refractivity contribution >= 4 is 0 Å². The van der Waals surface area contributed by atoms with E-state index in [1.165, 1.54) is 0 Å². The van der Waals surface area contributed by atoms with Crippen LogP contribution < -0.4 is 5.73 Å². The van der Waals surface area contributed by atoms with Crippen molar-refractivity contribution in [1.29, 1.82) is 0 Å². The highest BCUT2D eigenvalue weighted by atomic mass is 16.5. The molecule has 2 rings (SSSR count). The number of hydrogen-bond donors (Lipinski definition) is 1. The minimum Gasteiger partial charge on any atom is -0.376 e.